The van der Waals surface area contributed by atoms with Crippen molar-refractivity contribution in [2.45, 2.75) is 0 Å². The SMILES string of the molecule is O=C1CN=C(c2ccccc2[N+](=O)[O-])c2ccsc2N1. The number of thiophene rings is 1. The van der Waals surface area contributed by atoms with Gasteiger partial charge in [0.2, 0.25) is 5.91 Å². The molecule has 0 atom stereocenters. The van der Waals surface area contributed by atoms with Crippen molar-refractivity contribution in [2.75, 3.05) is 11.9 Å². The molecule has 0 fully saturated rings. The molecule has 1 aliphatic heterocycles. The minimum Gasteiger partial charge on any atom is -0.316 e. The number of fused-ring (bicyclic) bond motifs is 1. The molecule has 0 unspecified atom stereocenters. The lowest BCUT2D eigenvalue weighted by atomic mass is 10.0. The highest BCUT2D eigenvalue weighted by atomic mass is 32.1. The number of rotatable bonds is 2. The van der Waals surface area contributed by atoms with Crippen molar-refractivity contribution < 1.29 is 9.72 Å². The Hall–Kier alpha value is -2.54. The molecule has 0 saturated heterocycles. The highest BCUT2D eigenvalue weighted by molar-refractivity contribution is 7.14. The predicted octanol–water partition coefficient (Wildman–Crippen LogP) is 2.45. The first-order valence-electron chi connectivity index (χ1n) is 5.83. The number of carbonyl (C=O) groups excluding carboxylic acids is 1. The van der Waals surface area contributed by atoms with Gasteiger partial charge in [-0.1, -0.05) is 12.1 Å². The van der Waals surface area contributed by atoms with Crippen molar-refractivity contribution in [2.24, 2.45) is 4.99 Å². The molecule has 1 amide bonds. The van der Waals surface area contributed by atoms with E-state index in [0.29, 0.717) is 16.3 Å². The largest absolute Gasteiger partial charge is 0.316 e. The Bertz CT molecular complexity index is 736. The van der Waals surface area contributed by atoms with Gasteiger partial charge in [-0.15, -0.1) is 11.3 Å². The third-order valence-electron chi connectivity index (χ3n) is 2.91. The molecule has 3 rings (SSSR count). The van der Waals surface area contributed by atoms with Gasteiger partial charge < -0.3 is 5.32 Å². The molecular formula is C13H9N3O3S. The number of nitrogens with one attached hydrogen (secondary N) is 1. The first-order chi connectivity index (χ1) is 9.66. The third-order valence-corrected chi connectivity index (χ3v) is 3.74. The number of nitrogens with zero attached hydrogens (tertiary/aromatic N) is 2. The standard InChI is InChI=1S/C13H9N3O3S/c17-11-7-14-12(9-5-6-20-13(9)15-11)8-3-1-2-4-10(8)16(18)19/h1-6H,7H2,(H,15,17). The maximum absolute atomic E-state index is 11.6. The molecule has 1 aliphatic rings. The van der Waals surface area contributed by atoms with E-state index in [9.17, 15) is 14.9 Å². The summed E-state index contributed by atoms with van der Waals surface area (Å²) in [7, 11) is 0. The van der Waals surface area contributed by atoms with Gasteiger partial charge in [-0.3, -0.25) is 19.9 Å². The molecule has 100 valence electrons. The van der Waals surface area contributed by atoms with Crippen LogP contribution < -0.4 is 5.32 Å². The second kappa shape index (κ2) is 4.86. The summed E-state index contributed by atoms with van der Waals surface area (Å²) in [6, 6.07) is 8.22. The zero-order chi connectivity index (χ0) is 14.1. The Balaban J connectivity index is 2.20. The number of nitro benzene ring substituents is 1. The number of hydrogen-bond acceptors (Lipinski definition) is 5. The first-order valence-corrected chi connectivity index (χ1v) is 6.71. The van der Waals surface area contributed by atoms with Crippen molar-refractivity contribution >= 4 is 33.6 Å². The number of para-hydroxylation sites is 1. The normalized spacial score (nSPS) is 14.0. The highest BCUT2D eigenvalue weighted by Gasteiger charge is 2.24. The summed E-state index contributed by atoms with van der Waals surface area (Å²) in [4.78, 5) is 26.5. The van der Waals surface area contributed by atoms with Crippen LogP contribution in [0.2, 0.25) is 0 Å². The van der Waals surface area contributed by atoms with Gasteiger partial charge in [0.05, 0.1) is 16.2 Å². The Kier molecular flexibility index (Phi) is 3.03. The fourth-order valence-electron chi connectivity index (χ4n) is 2.06. The Morgan fingerprint density at radius 2 is 2.05 bits per heavy atom. The molecule has 0 aliphatic carbocycles. The van der Waals surface area contributed by atoms with Crippen molar-refractivity contribution in [3.8, 4) is 0 Å². The summed E-state index contributed by atoms with van der Waals surface area (Å²) in [6.07, 6.45) is 0. The van der Waals surface area contributed by atoms with E-state index in [0.717, 1.165) is 5.56 Å². The maximum Gasteiger partial charge on any atom is 0.278 e. The number of hydrogen-bond donors (Lipinski definition) is 1. The van der Waals surface area contributed by atoms with Crippen LogP contribution in [0.5, 0.6) is 0 Å². The van der Waals surface area contributed by atoms with Crippen LogP contribution in [0, 0.1) is 10.1 Å². The fraction of sp³-hybridized carbons (Fsp3) is 0.0769. The van der Waals surface area contributed by atoms with Crippen LogP contribution in [0.25, 0.3) is 0 Å². The summed E-state index contributed by atoms with van der Waals surface area (Å²) < 4.78 is 0. The van der Waals surface area contributed by atoms with E-state index in [4.69, 9.17) is 0 Å². The Labute approximate surface area is 117 Å². The van der Waals surface area contributed by atoms with E-state index in [1.165, 1.54) is 17.4 Å². The first kappa shape index (κ1) is 12.5. The zero-order valence-corrected chi connectivity index (χ0v) is 11.0. The van der Waals surface area contributed by atoms with Gasteiger partial charge in [-0.05, 0) is 17.5 Å². The van der Waals surface area contributed by atoms with Gasteiger partial charge in [0.25, 0.3) is 5.69 Å². The van der Waals surface area contributed by atoms with Crippen LogP contribution in [0.1, 0.15) is 11.1 Å². The zero-order valence-electron chi connectivity index (χ0n) is 10.2. The summed E-state index contributed by atoms with van der Waals surface area (Å²) in [5, 5.41) is 16.4. The lowest BCUT2D eigenvalue weighted by Crippen LogP contribution is -2.12. The molecule has 1 aromatic carbocycles. The number of nitro groups is 1. The molecule has 0 saturated carbocycles. The highest BCUT2D eigenvalue weighted by Crippen LogP contribution is 2.30. The van der Waals surface area contributed by atoms with E-state index in [1.807, 2.05) is 5.38 Å². The molecular weight excluding hydrogens is 278 g/mol. The predicted molar refractivity (Wildman–Crippen MR) is 76.6 cm³/mol. The van der Waals surface area contributed by atoms with E-state index in [-0.39, 0.29) is 18.1 Å². The van der Waals surface area contributed by atoms with Crippen LogP contribution in [0.4, 0.5) is 10.7 Å². The molecule has 2 aromatic rings. The topological polar surface area (TPSA) is 84.6 Å². The average molecular weight is 287 g/mol. The number of anilines is 1. The lowest BCUT2D eigenvalue weighted by Gasteiger charge is -2.05. The van der Waals surface area contributed by atoms with Crippen LogP contribution >= 0.6 is 11.3 Å². The second-order valence-corrected chi connectivity index (χ2v) is 5.07. The summed E-state index contributed by atoms with van der Waals surface area (Å²) in [6.45, 7) is -0.0389. The fourth-order valence-corrected chi connectivity index (χ4v) is 2.86. The molecule has 0 bridgehead atoms. The molecule has 7 heteroatoms. The van der Waals surface area contributed by atoms with Gasteiger partial charge in [-0.25, -0.2) is 0 Å². The molecule has 1 aromatic heterocycles. The van der Waals surface area contributed by atoms with Crippen LogP contribution in [0.3, 0.4) is 0 Å². The second-order valence-electron chi connectivity index (χ2n) is 4.15. The Morgan fingerprint density at radius 1 is 1.25 bits per heavy atom. The molecule has 1 N–H and O–H groups in total. The van der Waals surface area contributed by atoms with E-state index >= 15 is 0 Å². The average Bonchev–Trinajstić information content (AvgIpc) is 2.81. The van der Waals surface area contributed by atoms with E-state index in [1.54, 1.807) is 24.3 Å². The number of benzene rings is 1. The van der Waals surface area contributed by atoms with Gasteiger partial charge in [0, 0.05) is 11.6 Å². The van der Waals surface area contributed by atoms with Gasteiger partial charge >= 0.3 is 0 Å². The van der Waals surface area contributed by atoms with Crippen molar-refractivity contribution in [3.63, 3.8) is 0 Å². The summed E-state index contributed by atoms with van der Waals surface area (Å²) in [5.74, 6) is -0.220. The molecule has 6 nitrogen and oxygen atoms in total. The van der Waals surface area contributed by atoms with E-state index in [2.05, 4.69) is 10.3 Å². The van der Waals surface area contributed by atoms with Gasteiger partial charge in [-0.2, -0.15) is 0 Å². The minimum absolute atomic E-state index is 0.0160. The van der Waals surface area contributed by atoms with Crippen molar-refractivity contribution in [1.82, 2.24) is 0 Å². The molecule has 20 heavy (non-hydrogen) atoms. The van der Waals surface area contributed by atoms with Gasteiger partial charge in [0.1, 0.15) is 11.5 Å². The van der Waals surface area contributed by atoms with E-state index < -0.39 is 4.92 Å². The van der Waals surface area contributed by atoms with Crippen molar-refractivity contribution in [1.29, 1.82) is 0 Å². The van der Waals surface area contributed by atoms with Crippen LogP contribution in [-0.2, 0) is 4.79 Å². The molecule has 0 spiro atoms. The smallest absolute Gasteiger partial charge is 0.278 e. The van der Waals surface area contributed by atoms with Crippen LogP contribution in [0.15, 0.2) is 40.7 Å². The summed E-state index contributed by atoms with van der Waals surface area (Å²) >= 11 is 1.37. The molecule has 0 radical (unpaired) electrons. The third kappa shape index (κ3) is 2.08. The maximum atomic E-state index is 11.6. The van der Waals surface area contributed by atoms with Crippen molar-refractivity contribution in [3.05, 3.63) is 57.0 Å². The lowest BCUT2D eigenvalue weighted by molar-refractivity contribution is -0.385. The van der Waals surface area contributed by atoms with Crippen LogP contribution in [-0.4, -0.2) is 23.1 Å². The Morgan fingerprint density at radius 3 is 2.85 bits per heavy atom. The van der Waals surface area contributed by atoms with Gasteiger partial charge in [0.15, 0.2) is 0 Å². The quantitative estimate of drug-likeness (QED) is 0.680. The minimum atomic E-state index is -0.440. The number of amides is 1. The number of carbonyl (C=O) groups is 1. The monoisotopic (exact) mass is 287 g/mol. The molecule has 2 heterocycles. The summed E-state index contributed by atoms with van der Waals surface area (Å²) in [5.41, 5.74) is 1.61. The number of aliphatic imine (C=N–C) groups is 1.